The predicted molar refractivity (Wildman–Crippen MR) is 144 cm³/mol. The molecule has 0 amide bonds. The summed E-state index contributed by atoms with van der Waals surface area (Å²) < 4.78 is 16.8. The summed E-state index contributed by atoms with van der Waals surface area (Å²) in [5.74, 6) is 0.955. The van der Waals surface area contributed by atoms with Gasteiger partial charge in [-0.15, -0.1) is 0 Å². The van der Waals surface area contributed by atoms with Crippen LogP contribution in [0.15, 0.2) is 42.4 Å². The number of hydrogen-bond acceptors (Lipinski definition) is 10. The minimum absolute atomic E-state index is 0.0247. The third kappa shape index (κ3) is 13.2. The molecule has 0 aliphatic heterocycles. The molecule has 0 radical (unpaired) electrons. The van der Waals surface area contributed by atoms with Gasteiger partial charge < -0.3 is 24.8 Å². The molecule has 0 aliphatic rings. The van der Waals surface area contributed by atoms with Gasteiger partial charge in [0.15, 0.2) is 5.82 Å². The number of nitrogen functional groups attached to an aromatic ring is 1. The van der Waals surface area contributed by atoms with Crippen molar-refractivity contribution in [3.63, 3.8) is 0 Å². The Balaban J connectivity index is 0. The fraction of sp³-hybridized carbons (Fsp3) is 0.500. The lowest BCUT2D eigenvalue weighted by Crippen LogP contribution is -2.29. The van der Waals surface area contributed by atoms with Gasteiger partial charge in [-0.25, -0.2) is 14.8 Å². The van der Waals surface area contributed by atoms with E-state index in [1.165, 1.54) is 13.4 Å². The molecule has 3 unspecified atom stereocenters. The first-order valence-corrected chi connectivity index (χ1v) is 12.3. The third-order valence-electron chi connectivity index (χ3n) is 4.43. The second-order valence-electron chi connectivity index (χ2n) is 6.63. The maximum absolute atomic E-state index is 11.0. The summed E-state index contributed by atoms with van der Waals surface area (Å²) in [6, 6.07) is 3.51. The maximum atomic E-state index is 11.0. The van der Waals surface area contributed by atoms with E-state index >= 15 is 0 Å². The average Bonchev–Trinajstić information content (AvgIpc) is 3.35. The molecule has 0 spiro atoms. The number of aliphatic hydroxyl groups excluding tert-OH is 1. The zero-order chi connectivity index (χ0) is 27.9. The van der Waals surface area contributed by atoms with E-state index in [9.17, 15) is 4.79 Å². The topological polar surface area (TPSA) is 157 Å². The number of aryl methyl sites for hydroxylation is 1. The molecule has 0 bridgehead atoms. The monoisotopic (exact) mass is 524 g/mol. The highest BCUT2D eigenvalue weighted by Gasteiger charge is 2.12. The fourth-order valence-corrected chi connectivity index (χ4v) is 3.21. The number of nitrogens with one attached hydrogen (secondary N) is 1. The Morgan fingerprint density at radius 2 is 2.00 bits per heavy atom. The minimum atomic E-state index is -0.350. The Labute approximate surface area is 216 Å². The van der Waals surface area contributed by atoms with Crippen LogP contribution in [-0.4, -0.2) is 58.6 Å². The number of methoxy groups -OCH3 is 2. The Bertz CT molecular complexity index is 928. The number of aliphatic hydroxyl groups is 1. The van der Waals surface area contributed by atoms with Gasteiger partial charge in [0.25, 0.3) is 0 Å². The highest BCUT2D eigenvalue weighted by molar-refractivity contribution is 7.30. The van der Waals surface area contributed by atoms with Crippen molar-refractivity contribution in [3.05, 3.63) is 48.1 Å². The van der Waals surface area contributed by atoms with Gasteiger partial charge in [-0.3, -0.25) is 9.88 Å². The lowest BCUT2D eigenvalue weighted by Gasteiger charge is -2.11. The van der Waals surface area contributed by atoms with Crippen molar-refractivity contribution in [2.24, 2.45) is 0 Å². The third-order valence-corrected chi connectivity index (χ3v) is 5.32. The van der Waals surface area contributed by atoms with E-state index in [4.69, 9.17) is 25.4 Å². The van der Waals surface area contributed by atoms with Gasteiger partial charge in [0.05, 0.1) is 19.8 Å². The largest absolute Gasteiger partial charge is 0.468 e. The van der Waals surface area contributed by atoms with Crippen LogP contribution in [0.2, 0.25) is 0 Å². The van der Waals surface area contributed by atoms with Crippen LogP contribution in [0.1, 0.15) is 46.7 Å². The number of allylic oxidation sites excluding steroid dienone is 3. The van der Waals surface area contributed by atoms with Crippen LogP contribution in [0.5, 0.6) is 0 Å². The number of esters is 1. The summed E-state index contributed by atoms with van der Waals surface area (Å²) in [6.07, 6.45) is 8.41. The van der Waals surface area contributed by atoms with Crippen LogP contribution in [0.3, 0.4) is 0 Å². The minimum Gasteiger partial charge on any atom is -0.468 e. The zero-order valence-corrected chi connectivity index (χ0v) is 23.3. The Kier molecular flexibility index (Phi) is 21.9. The molecule has 202 valence electrons. The quantitative estimate of drug-likeness (QED) is 0.172. The second-order valence-corrected chi connectivity index (χ2v) is 7.33. The van der Waals surface area contributed by atoms with Gasteiger partial charge in [-0.2, -0.15) is 5.10 Å². The number of hydrogen-bond donors (Lipinski definition) is 3. The summed E-state index contributed by atoms with van der Waals surface area (Å²) in [6.45, 7) is 13.1. The number of ether oxygens (including phenoxy) is 2. The van der Waals surface area contributed by atoms with Gasteiger partial charge in [0, 0.05) is 19.4 Å². The SMILES string of the molecule is C#N.C/C=C\C(=C/C)OPNC(C)C(=O)OC.CC.COC(CO)CCc1ccc2c(N)ncnn12. The molecule has 0 saturated carbocycles. The zero-order valence-electron chi connectivity index (χ0n) is 22.3. The highest BCUT2D eigenvalue weighted by atomic mass is 31.1. The van der Waals surface area contributed by atoms with E-state index in [1.807, 2.05) is 58.1 Å². The number of carbonyl (C=O) groups excluding carboxylic acids is 1. The second kappa shape index (κ2) is 22.4. The van der Waals surface area contributed by atoms with Crippen molar-refractivity contribution in [2.75, 3.05) is 26.6 Å². The first-order chi connectivity index (χ1) is 17.4. The van der Waals surface area contributed by atoms with E-state index in [0.29, 0.717) is 5.82 Å². The van der Waals surface area contributed by atoms with Crippen LogP contribution in [0.25, 0.3) is 5.52 Å². The molecule has 0 aromatic carbocycles. The van der Waals surface area contributed by atoms with Gasteiger partial charge in [-0.1, -0.05) is 19.9 Å². The molecule has 2 heterocycles. The number of carbonyl (C=O) groups is 1. The standard InChI is InChI=1S/C11H16N4O2.C10H18NO3P.C2H6.CHN/c1-17-9(6-16)4-2-8-3-5-10-11(12)13-7-14-15(8)10;1-5-7-9(6-2)14-15-11-8(3)10(12)13-4;2*1-2/h3,5,7,9,16H,2,4,6H2,1H3,(H2,12,13,14);5-8,11,15H,1-4H3;1-2H3;1H/b;7-5-,9-6+;;. The van der Waals surface area contributed by atoms with Crippen molar-refractivity contribution in [2.45, 2.75) is 59.6 Å². The molecule has 2 rings (SSSR count). The van der Waals surface area contributed by atoms with Crippen molar-refractivity contribution < 1.29 is 23.9 Å². The van der Waals surface area contributed by atoms with Crippen molar-refractivity contribution in [1.29, 1.82) is 5.26 Å². The van der Waals surface area contributed by atoms with E-state index in [-0.39, 0.29) is 33.7 Å². The molecule has 0 saturated heterocycles. The number of aromatic nitrogens is 3. The molecule has 2 aromatic heterocycles. The highest BCUT2D eigenvalue weighted by Crippen LogP contribution is 2.16. The van der Waals surface area contributed by atoms with Gasteiger partial charge >= 0.3 is 5.97 Å². The molecule has 11 nitrogen and oxygen atoms in total. The van der Waals surface area contributed by atoms with E-state index in [0.717, 1.165) is 29.8 Å². The first kappa shape index (κ1) is 35.1. The van der Waals surface area contributed by atoms with E-state index in [2.05, 4.69) is 26.5 Å². The Morgan fingerprint density at radius 3 is 2.53 bits per heavy atom. The summed E-state index contributed by atoms with van der Waals surface area (Å²) >= 11 is 0. The Hall–Kier alpha value is -3.03. The molecule has 2 aromatic rings. The van der Waals surface area contributed by atoms with Crippen LogP contribution >= 0.6 is 8.96 Å². The average molecular weight is 525 g/mol. The number of anilines is 1. The summed E-state index contributed by atoms with van der Waals surface area (Å²) in [4.78, 5) is 14.9. The van der Waals surface area contributed by atoms with Crippen LogP contribution in [0, 0.1) is 11.8 Å². The first-order valence-electron chi connectivity index (χ1n) is 11.4. The van der Waals surface area contributed by atoms with Crippen molar-refractivity contribution >= 4 is 26.3 Å². The molecule has 3 atom stereocenters. The van der Waals surface area contributed by atoms with Crippen molar-refractivity contribution in [1.82, 2.24) is 19.7 Å². The summed E-state index contributed by atoms with van der Waals surface area (Å²) in [5.41, 5.74) is 7.58. The molecule has 36 heavy (non-hydrogen) atoms. The van der Waals surface area contributed by atoms with Crippen LogP contribution in [0.4, 0.5) is 5.82 Å². The molecular formula is C24H41N6O5P. The van der Waals surface area contributed by atoms with Crippen LogP contribution < -0.4 is 10.8 Å². The molecule has 0 fully saturated rings. The number of fused-ring (bicyclic) bond motifs is 1. The normalized spacial score (nSPS) is 12.6. The fourth-order valence-electron chi connectivity index (χ4n) is 2.55. The number of nitriles is 1. The molecule has 12 heteroatoms. The van der Waals surface area contributed by atoms with E-state index in [1.54, 1.807) is 18.5 Å². The summed E-state index contributed by atoms with van der Waals surface area (Å²) in [7, 11) is 2.99. The number of rotatable bonds is 11. The van der Waals surface area contributed by atoms with Crippen LogP contribution in [-0.2, 0) is 25.2 Å². The smallest absolute Gasteiger partial charge is 0.322 e. The molecule has 4 N–H and O–H groups in total. The number of nitrogens with two attached hydrogens (primary N) is 1. The van der Waals surface area contributed by atoms with Gasteiger partial charge in [0.1, 0.15) is 32.6 Å². The van der Waals surface area contributed by atoms with E-state index < -0.39 is 0 Å². The molecular weight excluding hydrogens is 483 g/mol. The Morgan fingerprint density at radius 1 is 1.33 bits per heavy atom. The lowest BCUT2D eigenvalue weighted by molar-refractivity contribution is -0.142. The number of nitrogens with zero attached hydrogens (tertiary/aromatic N) is 4. The predicted octanol–water partition coefficient (Wildman–Crippen LogP) is 3.56. The molecule has 0 aliphatic carbocycles. The van der Waals surface area contributed by atoms with Gasteiger partial charge in [0.2, 0.25) is 0 Å². The van der Waals surface area contributed by atoms with Gasteiger partial charge in [-0.05, 0) is 57.9 Å². The summed E-state index contributed by atoms with van der Waals surface area (Å²) in [5, 5.41) is 22.6. The lowest BCUT2D eigenvalue weighted by atomic mass is 10.1. The maximum Gasteiger partial charge on any atom is 0.322 e. The van der Waals surface area contributed by atoms with Crippen molar-refractivity contribution in [3.8, 4) is 6.57 Å².